The highest BCUT2D eigenvalue weighted by molar-refractivity contribution is 6.30. The smallest absolute Gasteiger partial charge is 0.261 e. The molecule has 0 spiro atoms. The standard InChI is InChI=1S/C22H22ClNO3/c1-2-20(27-18-12-10-17(23)11-13-18)22(25)24-14-15-26-21-9-5-7-16-6-3-4-8-19(16)21/h3-13,20H,2,14-15H2,1H3,(H,24,25). The molecule has 1 atom stereocenters. The van der Waals surface area contributed by atoms with Crippen molar-refractivity contribution in [3.63, 3.8) is 0 Å². The van der Waals surface area contributed by atoms with E-state index in [1.165, 1.54) is 0 Å². The minimum absolute atomic E-state index is 0.158. The highest BCUT2D eigenvalue weighted by atomic mass is 35.5. The number of fused-ring (bicyclic) bond motifs is 1. The molecule has 0 aliphatic carbocycles. The number of amides is 1. The quantitative estimate of drug-likeness (QED) is 0.566. The van der Waals surface area contributed by atoms with Crippen molar-refractivity contribution in [3.8, 4) is 11.5 Å². The first kappa shape index (κ1) is 19.1. The minimum Gasteiger partial charge on any atom is -0.491 e. The lowest BCUT2D eigenvalue weighted by atomic mass is 10.1. The van der Waals surface area contributed by atoms with Gasteiger partial charge in [-0.05, 0) is 42.1 Å². The summed E-state index contributed by atoms with van der Waals surface area (Å²) < 4.78 is 11.6. The van der Waals surface area contributed by atoms with Gasteiger partial charge in [0.15, 0.2) is 6.10 Å². The second-order valence-electron chi connectivity index (χ2n) is 6.09. The Morgan fingerprint density at radius 1 is 1.04 bits per heavy atom. The number of carbonyl (C=O) groups excluding carboxylic acids is 1. The molecule has 0 bridgehead atoms. The van der Waals surface area contributed by atoms with Crippen LogP contribution in [0.5, 0.6) is 11.5 Å². The summed E-state index contributed by atoms with van der Waals surface area (Å²) in [7, 11) is 0. The molecule has 0 radical (unpaired) electrons. The maximum atomic E-state index is 12.4. The van der Waals surface area contributed by atoms with Crippen LogP contribution in [0.25, 0.3) is 10.8 Å². The summed E-state index contributed by atoms with van der Waals surface area (Å²) in [5.41, 5.74) is 0. The summed E-state index contributed by atoms with van der Waals surface area (Å²) in [6.45, 7) is 2.70. The van der Waals surface area contributed by atoms with E-state index in [0.29, 0.717) is 30.3 Å². The summed E-state index contributed by atoms with van der Waals surface area (Å²) in [6, 6.07) is 21.0. The summed E-state index contributed by atoms with van der Waals surface area (Å²) in [5.74, 6) is 1.27. The highest BCUT2D eigenvalue weighted by Crippen LogP contribution is 2.24. The Morgan fingerprint density at radius 3 is 2.56 bits per heavy atom. The average Bonchev–Trinajstić information content (AvgIpc) is 2.70. The molecule has 3 rings (SSSR count). The van der Waals surface area contributed by atoms with E-state index in [9.17, 15) is 4.79 Å². The predicted octanol–water partition coefficient (Wildman–Crippen LogP) is 4.85. The molecule has 0 saturated carbocycles. The molecule has 0 aliphatic rings. The Kier molecular flexibility index (Phi) is 6.55. The lowest BCUT2D eigenvalue weighted by molar-refractivity contribution is -0.128. The Morgan fingerprint density at radius 2 is 1.78 bits per heavy atom. The van der Waals surface area contributed by atoms with Gasteiger partial charge in [0, 0.05) is 10.4 Å². The van der Waals surface area contributed by atoms with Gasteiger partial charge in [-0.15, -0.1) is 0 Å². The van der Waals surface area contributed by atoms with Crippen molar-refractivity contribution in [3.05, 3.63) is 71.8 Å². The van der Waals surface area contributed by atoms with Gasteiger partial charge in [0.05, 0.1) is 6.54 Å². The zero-order valence-corrected chi connectivity index (χ0v) is 15.9. The third kappa shape index (κ3) is 5.14. The van der Waals surface area contributed by atoms with Gasteiger partial charge in [0.25, 0.3) is 5.91 Å². The fourth-order valence-electron chi connectivity index (χ4n) is 2.77. The van der Waals surface area contributed by atoms with Gasteiger partial charge < -0.3 is 14.8 Å². The number of benzene rings is 3. The van der Waals surface area contributed by atoms with Crippen LogP contribution in [0.4, 0.5) is 0 Å². The number of hydrogen-bond donors (Lipinski definition) is 1. The van der Waals surface area contributed by atoms with Crippen LogP contribution in [-0.2, 0) is 4.79 Å². The first-order valence-corrected chi connectivity index (χ1v) is 9.35. The number of hydrogen-bond acceptors (Lipinski definition) is 3. The Balaban J connectivity index is 1.50. The van der Waals surface area contributed by atoms with Gasteiger partial charge in [0.1, 0.15) is 18.1 Å². The van der Waals surface area contributed by atoms with E-state index in [1.54, 1.807) is 24.3 Å². The molecule has 27 heavy (non-hydrogen) atoms. The first-order valence-electron chi connectivity index (χ1n) is 8.98. The van der Waals surface area contributed by atoms with Crippen molar-refractivity contribution in [1.82, 2.24) is 5.32 Å². The van der Waals surface area contributed by atoms with Crippen molar-refractivity contribution < 1.29 is 14.3 Å². The van der Waals surface area contributed by atoms with Crippen LogP contribution in [-0.4, -0.2) is 25.2 Å². The van der Waals surface area contributed by atoms with Gasteiger partial charge in [0.2, 0.25) is 0 Å². The molecule has 0 aromatic heterocycles. The number of halogens is 1. The third-order valence-electron chi connectivity index (χ3n) is 4.16. The van der Waals surface area contributed by atoms with Gasteiger partial charge in [-0.2, -0.15) is 0 Å². The van der Waals surface area contributed by atoms with Crippen LogP contribution < -0.4 is 14.8 Å². The molecule has 1 amide bonds. The topological polar surface area (TPSA) is 47.6 Å². The van der Waals surface area contributed by atoms with E-state index in [1.807, 2.05) is 49.4 Å². The minimum atomic E-state index is -0.552. The lowest BCUT2D eigenvalue weighted by Crippen LogP contribution is -2.39. The molecular formula is C22H22ClNO3. The lowest BCUT2D eigenvalue weighted by Gasteiger charge is -2.17. The summed E-state index contributed by atoms with van der Waals surface area (Å²) in [6.07, 6.45) is 0.0160. The van der Waals surface area contributed by atoms with Gasteiger partial charge >= 0.3 is 0 Å². The van der Waals surface area contributed by atoms with Crippen molar-refractivity contribution in [2.45, 2.75) is 19.4 Å². The van der Waals surface area contributed by atoms with E-state index in [-0.39, 0.29) is 5.91 Å². The van der Waals surface area contributed by atoms with E-state index >= 15 is 0 Å². The molecule has 3 aromatic rings. The van der Waals surface area contributed by atoms with Crippen LogP contribution >= 0.6 is 11.6 Å². The first-order chi connectivity index (χ1) is 13.2. The molecule has 0 saturated heterocycles. The Labute approximate surface area is 164 Å². The fraction of sp³-hybridized carbons (Fsp3) is 0.227. The normalized spacial score (nSPS) is 11.8. The van der Waals surface area contributed by atoms with Gasteiger partial charge in [-0.1, -0.05) is 54.9 Å². The molecule has 1 unspecified atom stereocenters. The zero-order chi connectivity index (χ0) is 19.1. The number of carbonyl (C=O) groups is 1. The number of nitrogens with one attached hydrogen (secondary N) is 1. The Hall–Kier alpha value is -2.72. The molecule has 0 aliphatic heterocycles. The monoisotopic (exact) mass is 383 g/mol. The number of ether oxygens (including phenoxy) is 2. The van der Waals surface area contributed by atoms with Gasteiger partial charge in [-0.3, -0.25) is 4.79 Å². The van der Waals surface area contributed by atoms with Crippen LogP contribution in [0.3, 0.4) is 0 Å². The number of rotatable bonds is 8. The maximum Gasteiger partial charge on any atom is 0.261 e. The molecule has 4 nitrogen and oxygen atoms in total. The maximum absolute atomic E-state index is 12.4. The molecule has 1 N–H and O–H groups in total. The second kappa shape index (κ2) is 9.28. The van der Waals surface area contributed by atoms with Crippen LogP contribution in [0.2, 0.25) is 5.02 Å². The third-order valence-corrected chi connectivity index (χ3v) is 4.42. The summed E-state index contributed by atoms with van der Waals surface area (Å²) >= 11 is 5.87. The summed E-state index contributed by atoms with van der Waals surface area (Å²) in [4.78, 5) is 12.4. The average molecular weight is 384 g/mol. The Bertz CT molecular complexity index is 890. The largest absolute Gasteiger partial charge is 0.491 e. The fourth-order valence-corrected chi connectivity index (χ4v) is 2.90. The molecule has 0 fully saturated rings. The summed E-state index contributed by atoms with van der Waals surface area (Å²) in [5, 5.41) is 5.68. The predicted molar refractivity (Wildman–Crippen MR) is 109 cm³/mol. The van der Waals surface area contributed by atoms with Crippen molar-refractivity contribution >= 4 is 28.3 Å². The van der Waals surface area contributed by atoms with E-state index < -0.39 is 6.10 Å². The molecule has 0 heterocycles. The highest BCUT2D eigenvalue weighted by Gasteiger charge is 2.17. The van der Waals surface area contributed by atoms with Crippen LogP contribution in [0.15, 0.2) is 66.7 Å². The van der Waals surface area contributed by atoms with Crippen molar-refractivity contribution in [2.24, 2.45) is 0 Å². The van der Waals surface area contributed by atoms with E-state index in [0.717, 1.165) is 16.5 Å². The van der Waals surface area contributed by atoms with Crippen LogP contribution in [0.1, 0.15) is 13.3 Å². The SMILES string of the molecule is CCC(Oc1ccc(Cl)cc1)C(=O)NCCOc1cccc2ccccc12. The van der Waals surface area contributed by atoms with Gasteiger partial charge in [-0.25, -0.2) is 0 Å². The molecule has 3 aromatic carbocycles. The molecule has 5 heteroatoms. The van der Waals surface area contributed by atoms with Crippen LogP contribution in [0, 0.1) is 0 Å². The van der Waals surface area contributed by atoms with Crippen molar-refractivity contribution in [2.75, 3.05) is 13.2 Å². The van der Waals surface area contributed by atoms with E-state index in [2.05, 4.69) is 5.32 Å². The van der Waals surface area contributed by atoms with Crippen molar-refractivity contribution in [1.29, 1.82) is 0 Å². The molecule has 140 valence electrons. The van der Waals surface area contributed by atoms with E-state index in [4.69, 9.17) is 21.1 Å². The molecular weight excluding hydrogens is 362 g/mol. The second-order valence-corrected chi connectivity index (χ2v) is 6.52. The zero-order valence-electron chi connectivity index (χ0n) is 15.2.